The van der Waals surface area contributed by atoms with Gasteiger partial charge in [-0.15, -0.1) is 0 Å². The van der Waals surface area contributed by atoms with E-state index in [4.69, 9.17) is 24.1 Å². The molecular weight excluding hydrogens is 514 g/mol. The van der Waals surface area contributed by atoms with E-state index < -0.39 is 114 Å². The highest BCUT2D eigenvalue weighted by Crippen LogP contribution is 2.52. The van der Waals surface area contributed by atoms with Crippen molar-refractivity contribution in [3.8, 4) is 17.2 Å². The lowest BCUT2D eigenvalue weighted by Crippen LogP contribution is -2.53. The van der Waals surface area contributed by atoms with E-state index >= 15 is 0 Å². The minimum absolute atomic E-state index is 0.0397. The highest BCUT2D eigenvalue weighted by atomic mass is 16.7. The normalized spacial score (nSPS) is 31.3. The summed E-state index contributed by atoms with van der Waals surface area (Å²) in [7, 11) is -2.98. The topological polar surface area (TPSA) is 206 Å². The van der Waals surface area contributed by atoms with Crippen molar-refractivity contribution in [1.29, 1.82) is 0 Å². The first-order valence-electron chi connectivity index (χ1n) is 13.7. The van der Waals surface area contributed by atoms with E-state index in [1.807, 2.05) is 0 Å². The number of ether oxygens (including phenoxy) is 3. The van der Waals surface area contributed by atoms with Gasteiger partial charge < -0.3 is 45.5 Å². The lowest BCUT2D eigenvalue weighted by molar-refractivity contribution is -0.247. The maximum absolute atomic E-state index is 13.8. The lowest BCUT2D eigenvalue weighted by Gasteiger charge is -2.42. The first kappa shape index (κ1) is 23.5. The average molecular weight is 547 g/mol. The van der Waals surface area contributed by atoms with E-state index in [0.717, 1.165) is 0 Å². The molecule has 1 aliphatic heterocycles. The lowest BCUT2D eigenvalue weighted by atomic mass is 9.72. The van der Waals surface area contributed by atoms with Crippen LogP contribution in [0.25, 0.3) is 0 Å². The van der Waals surface area contributed by atoms with Gasteiger partial charge in [-0.1, -0.05) is 12.1 Å². The van der Waals surface area contributed by atoms with Gasteiger partial charge in [0.15, 0.2) is 17.9 Å². The second kappa shape index (κ2) is 9.66. The molecule has 2 aromatic rings. The molecule has 0 radical (unpaired) electrons. The van der Waals surface area contributed by atoms with Crippen LogP contribution in [-0.2, 0) is 20.7 Å². The van der Waals surface area contributed by atoms with Crippen molar-refractivity contribution in [2.45, 2.75) is 62.4 Å². The highest BCUT2D eigenvalue weighted by Gasteiger charge is 2.50. The summed E-state index contributed by atoms with van der Waals surface area (Å²) in [5.74, 6) is -5.05. The third-order valence-electron chi connectivity index (χ3n) is 7.70. The molecule has 1 saturated heterocycles. The van der Waals surface area contributed by atoms with Crippen molar-refractivity contribution in [2.24, 2.45) is 5.73 Å². The van der Waals surface area contributed by atoms with E-state index in [-0.39, 0.29) is 23.1 Å². The van der Waals surface area contributed by atoms with Crippen molar-refractivity contribution < 1.29 is 58.2 Å². The minimum Gasteiger partial charge on any atom is -0.507 e. The molecule has 7 N–H and O–H groups in total. The molecule has 5 rings (SSSR count). The Hall–Kier alpha value is -3.39. The highest BCUT2D eigenvalue weighted by molar-refractivity contribution is 6.31. The largest absolute Gasteiger partial charge is 0.507 e. The van der Waals surface area contributed by atoms with E-state index in [1.54, 1.807) is 6.92 Å². The molecular formula is C27H29NO11. The molecule has 3 aliphatic rings. The second-order valence-electron chi connectivity index (χ2n) is 10.1. The van der Waals surface area contributed by atoms with Gasteiger partial charge in [0.25, 0.3) is 0 Å². The molecule has 39 heavy (non-hydrogen) atoms. The minimum atomic E-state index is -2.98. The number of aliphatic hydroxyl groups excluding tert-OH is 2. The Kier molecular flexibility index (Phi) is 5.82. The zero-order chi connectivity index (χ0) is 30.9. The number of phenols is 2. The summed E-state index contributed by atoms with van der Waals surface area (Å²) in [5, 5.41) is 53.8. The van der Waals surface area contributed by atoms with Crippen LogP contribution in [0, 0.1) is 0 Å². The van der Waals surface area contributed by atoms with Gasteiger partial charge in [-0.2, -0.15) is 0 Å². The van der Waals surface area contributed by atoms with Gasteiger partial charge in [-0.05, 0) is 13.0 Å². The number of methoxy groups -OCH3 is 1. The van der Waals surface area contributed by atoms with Gasteiger partial charge in [-0.3, -0.25) is 14.4 Å². The summed E-state index contributed by atoms with van der Waals surface area (Å²) < 4.78 is 38.9. The maximum Gasteiger partial charge on any atom is 0.202 e. The monoisotopic (exact) mass is 546 g/mol. The molecule has 1 heterocycles. The molecule has 0 saturated carbocycles. The molecule has 12 heteroatoms. The van der Waals surface area contributed by atoms with Crippen molar-refractivity contribution in [1.82, 2.24) is 0 Å². The van der Waals surface area contributed by atoms with Crippen LogP contribution in [0.2, 0.25) is 0 Å². The first-order valence-corrected chi connectivity index (χ1v) is 12.2. The molecule has 208 valence electrons. The van der Waals surface area contributed by atoms with Gasteiger partial charge in [0.1, 0.15) is 29.5 Å². The summed E-state index contributed by atoms with van der Waals surface area (Å²) in [6.45, 7) is 0.474. The third kappa shape index (κ3) is 4.11. The number of nitrogens with two attached hydrogens (primary N) is 1. The Morgan fingerprint density at radius 3 is 2.59 bits per heavy atom. The summed E-state index contributed by atoms with van der Waals surface area (Å²) >= 11 is 0. The van der Waals surface area contributed by atoms with Gasteiger partial charge in [-0.25, -0.2) is 0 Å². The number of aliphatic hydroxyl groups is 3. The van der Waals surface area contributed by atoms with Gasteiger partial charge >= 0.3 is 0 Å². The van der Waals surface area contributed by atoms with Crippen LogP contribution in [0.5, 0.6) is 17.2 Å². The number of carbonyl (C=O) groups excluding carboxylic acids is 3. The number of benzene rings is 2. The van der Waals surface area contributed by atoms with Crippen molar-refractivity contribution >= 4 is 17.3 Å². The number of carbonyl (C=O) groups is 3. The summed E-state index contributed by atoms with van der Waals surface area (Å²) in [4.78, 5) is 40.0. The number of phenolic OH excluding ortho intramolecular Hbond substituents is 2. The fourth-order valence-corrected chi connectivity index (χ4v) is 5.67. The van der Waals surface area contributed by atoms with Gasteiger partial charge in [0.05, 0.1) is 46.2 Å². The van der Waals surface area contributed by atoms with Crippen molar-refractivity contribution in [3.05, 3.63) is 51.6 Å². The number of aromatic hydroxyl groups is 2. The second-order valence-corrected chi connectivity index (χ2v) is 10.1. The van der Waals surface area contributed by atoms with E-state index in [9.17, 15) is 39.9 Å². The van der Waals surface area contributed by atoms with E-state index in [2.05, 4.69) is 0 Å². The van der Waals surface area contributed by atoms with Crippen LogP contribution in [-0.4, -0.2) is 86.7 Å². The standard InChI is InChI=1S/C27H29NO11/c1-10-22(31)13(28)6-17(38-10)39-15-8-27(36,16(30)9-29)7-12-19(15)26(35)21-20(24(12)33)23(32)11-4-3-5-14(37-2)18(11)25(21)34/h3-5,10,13,15,17,22,29,31,33,35-36H,6-9,28H2,1-2H3/t10-,13-,15-,17-,22+,27-/m0/s1/i2D3. The van der Waals surface area contributed by atoms with Gasteiger partial charge in [0.2, 0.25) is 5.78 Å². The fourth-order valence-electron chi connectivity index (χ4n) is 5.67. The zero-order valence-electron chi connectivity index (χ0n) is 23.7. The summed E-state index contributed by atoms with van der Waals surface area (Å²) in [5.41, 5.74) is 1.16. The Labute approximate surface area is 226 Å². The van der Waals surface area contributed by atoms with E-state index in [1.165, 1.54) is 18.2 Å². The SMILES string of the molecule is [2H]C([2H])([2H])Oc1cccc2c1C(=O)c1c(O)c3c(c(O)c1C2=O)C[C@@](O)(C(=O)CO)C[C@@H]3O[C@H]1C[C@H](N)[C@H](O)[C@H](C)O1. The van der Waals surface area contributed by atoms with Gasteiger partial charge in [0, 0.05) is 42.0 Å². The van der Waals surface area contributed by atoms with Crippen LogP contribution in [0.1, 0.15) is 73.0 Å². The Balaban J connectivity index is 1.68. The number of fused-ring (bicyclic) bond motifs is 3. The van der Waals surface area contributed by atoms with Crippen molar-refractivity contribution in [2.75, 3.05) is 13.6 Å². The Morgan fingerprint density at radius 2 is 1.92 bits per heavy atom. The Bertz CT molecular complexity index is 1480. The smallest absolute Gasteiger partial charge is 0.202 e. The zero-order valence-corrected chi connectivity index (χ0v) is 20.7. The molecule has 2 aliphatic carbocycles. The molecule has 6 atom stereocenters. The summed E-state index contributed by atoms with van der Waals surface area (Å²) in [6, 6.07) is 2.89. The molecule has 0 amide bonds. The maximum atomic E-state index is 13.8. The van der Waals surface area contributed by atoms with Crippen LogP contribution < -0.4 is 10.5 Å². The number of Topliss-reactive ketones (excluding diaryl/α,β-unsaturated/α-hetero) is 1. The molecule has 12 nitrogen and oxygen atoms in total. The molecule has 2 aromatic carbocycles. The molecule has 0 aromatic heterocycles. The van der Waals surface area contributed by atoms with Crippen LogP contribution in [0.15, 0.2) is 18.2 Å². The van der Waals surface area contributed by atoms with Crippen LogP contribution >= 0.6 is 0 Å². The number of hydrogen-bond acceptors (Lipinski definition) is 12. The first-order chi connectivity index (χ1) is 19.6. The molecule has 1 fully saturated rings. The molecule has 0 bridgehead atoms. The quantitative estimate of drug-likeness (QED) is 0.234. The Morgan fingerprint density at radius 1 is 1.21 bits per heavy atom. The van der Waals surface area contributed by atoms with Crippen LogP contribution in [0.4, 0.5) is 0 Å². The number of ketones is 3. The predicted molar refractivity (Wildman–Crippen MR) is 132 cm³/mol. The molecule has 0 spiro atoms. The van der Waals surface area contributed by atoms with E-state index in [0.29, 0.717) is 0 Å². The average Bonchev–Trinajstić information content (AvgIpc) is 2.90. The van der Waals surface area contributed by atoms with Crippen LogP contribution in [0.3, 0.4) is 0 Å². The molecule has 0 unspecified atom stereocenters. The fraction of sp³-hybridized carbons (Fsp3) is 0.444. The predicted octanol–water partition coefficient (Wildman–Crippen LogP) is 0.00130. The van der Waals surface area contributed by atoms with Crippen molar-refractivity contribution in [3.63, 3.8) is 0 Å². The third-order valence-corrected chi connectivity index (χ3v) is 7.70. The summed E-state index contributed by atoms with van der Waals surface area (Å²) in [6.07, 6.45) is -5.61. The number of hydrogen-bond donors (Lipinski definition) is 6. The number of rotatable bonds is 5.